The number of aromatic nitrogens is 4. The van der Waals surface area contributed by atoms with E-state index < -0.39 is 0 Å². The monoisotopic (exact) mass is 385 g/mol. The molecule has 6 heteroatoms. The summed E-state index contributed by atoms with van der Waals surface area (Å²) in [6.07, 6.45) is 4.31. The molecule has 0 atom stereocenters. The van der Waals surface area contributed by atoms with Crippen molar-refractivity contribution >= 4 is 16.9 Å². The molecule has 0 bridgehead atoms. The van der Waals surface area contributed by atoms with Crippen LogP contribution in [-0.4, -0.2) is 26.6 Å². The van der Waals surface area contributed by atoms with Gasteiger partial charge < -0.3 is 10.1 Å². The number of hydrogen-bond donors (Lipinski definition) is 1. The molecule has 5 rings (SSSR count). The third-order valence-corrected chi connectivity index (χ3v) is 5.39. The van der Waals surface area contributed by atoms with Gasteiger partial charge in [0.2, 0.25) is 5.95 Å². The molecule has 0 radical (unpaired) electrons. The number of nitrogens with zero attached hydrogens (tertiary/aromatic N) is 4. The predicted octanol–water partition coefficient (Wildman–Crippen LogP) is 4.32. The molecular weight excluding hydrogens is 362 g/mol. The Kier molecular flexibility index (Phi) is 4.60. The molecule has 0 unspecified atom stereocenters. The van der Waals surface area contributed by atoms with Crippen molar-refractivity contribution < 1.29 is 4.74 Å². The molecule has 2 heterocycles. The molecule has 2 aromatic carbocycles. The topological polar surface area (TPSA) is 64.9 Å². The Morgan fingerprint density at radius 2 is 1.72 bits per heavy atom. The maximum atomic E-state index is 5.55. The zero-order valence-electron chi connectivity index (χ0n) is 16.4. The first-order valence-corrected chi connectivity index (χ1v) is 10.0. The molecule has 0 fully saturated rings. The lowest BCUT2D eigenvalue weighted by atomic mass is 9.96. The number of nitrogens with one attached hydrogen (secondary N) is 1. The molecule has 0 saturated carbocycles. The fraction of sp³-hybridized carbons (Fsp3) is 0.261. The number of benzene rings is 2. The minimum atomic E-state index is 0.496. The SMILES string of the molecule is COc1nc2ccccc2n1-c1nc2c(c(NCc3ccccc3)n1)CCCC2. The van der Waals surface area contributed by atoms with Crippen molar-refractivity contribution in [2.24, 2.45) is 0 Å². The van der Waals surface area contributed by atoms with Crippen LogP contribution in [0.25, 0.3) is 17.0 Å². The third kappa shape index (κ3) is 3.31. The summed E-state index contributed by atoms with van der Waals surface area (Å²) in [4.78, 5) is 14.4. The second-order valence-corrected chi connectivity index (χ2v) is 7.27. The van der Waals surface area contributed by atoms with Gasteiger partial charge in [-0.2, -0.15) is 9.97 Å². The van der Waals surface area contributed by atoms with Crippen LogP contribution in [0.2, 0.25) is 0 Å². The molecule has 1 N–H and O–H groups in total. The summed E-state index contributed by atoms with van der Waals surface area (Å²) < 4.78 is 7.45. The Balaban J connectivity index is 1.61. The molecule has 0 spiro atoms. The van der Waals surface area contributed by atoms with E-state index in [2.05, 4.69) is 34.6 Å². The number of methoxy groups -OCH3 is 1. The summed E-state index contributed by atoms with van der Waals surface area (Å²) in [5, 5.41) is 3.55. The van der Waals surface area contributed by atoms with E-state index in [-0.39, 0.29) is 0 Å². The number of rotatable bonds is 5. The molecular formula is C23H23N5O. The van der Waals surface area contributed by atoms with Crippen LogP contribution in [-0.2, 0) is 19.4 Å². The number of imidazole rings is 1. The summed E-state index contributed by atoms with van der Waals surface area (Å²) in [6.45, 7) is 0.728. The molecule has 4 aromatic rings. The van der Waals surface area contributed by atoms with E-state index in [9.17, 15) is 0 Å². The van der Waals surface area contributed by atoms with Crippen LogP contribution >= 0.6 is 0 Å². The maximum Gasteiger partial charge on any atom is 0.304 e. The van der Waals surface area contributed by atoms with Crippen molar-refractivity contribution in [2.75, 3.05) is 12.4 Å². The average molecular weight is 385 g/mol. The molecule has 6 nitrogen and oxygen atoms in total. The molecule has 0 saturated heterocycles. The molecule has 1 aliphatic rings. The Labute approximate surface area is 169 Å². The van der Waals surface area contributed by atoms with Crippen LogP contribution in [0, 0.1) is 0 Å². The lowest BCUT2D eigenvalue weighted by Gasteiger charge is -2.20. The number of hydrogen-bond acceptors (Lipinski definition) is 5. The molecule has 2 aromatic heterocycles. The van der Waals surface area contributed by atoms with Gasteiger partial charge in [-0.15, -0.1) is 0 Å². The van der Waals surface area contributed by atoms with Crippen LogP contribution in [0.3, 0.4) is 0 Å². The van der Waals surface area contributed by atoms with Gasteiger partial charge in [-0.1, -0.05) is 42.5 Å². The Bertz CT molecular complexity index is 1150. The van der Waals surface area contributed by atoms with Crippen molar-refractivity contribution in [3.05, 3.63) is 71.4 Å². The van der Waals surface area contributed by atoms with E-state index >= 15 is 0 Å². The van der Waals surface area contributed by atoms with E-state index in [1.54, 1.807) is 7.11 Å². The minimum Gasteiger partial charge on any atom is -0.468 e. The first-order valence-electron chi connectivity index (χ1n) is 10.0. The fourth-order valence-electron chi connectivity index (χ4n) is 3.94. The molecule has 29 heavy (non-hydrogen) atoms. The summed E-state index contributed by atoms with van der Waals surface area (Å²) in [6, 6.07) is 18.8. The quantitative estimate of drug-likeness (QED) is 0.554. The third-order valence-electron chi connectivity index (χ3n) is 5.39. The van der Waals surface area contributed by atoms with Crippen molar-refractivity contribution in [3.63, 3.8) is 0 Å². The Morgan fingerprint density at radius 1 is 0.931 bits per heavy atom. The van der Waals surface area contributed by atoms with Crippen LogP contribution in [0.5, 0.6) is 6.01 Å². The van der Waals surface area contributed by atoms with E-state index in [1.165, 1.54) is 17.5 Å². The number of ether oxygens (including phenoxy) is 1. The van der Waals surface area contributed by atoms with Gasteiger partial charge in [-0.3, -0.25) is 0 Å². The van der Waals surface area contributed by atoms with Crippen molar-refractivity contribution in [2.45, 2.75) is 32.2 Å². The van der Waals surface area contributed by atoms with Gasteiger partial charge in [0.25, 0.3) is 0 Å². The highest BCUT2D eigenvalue weighted by molar-refractivity contribution is 5.78. The number of fused-ring (bicyclic) bond motifs is 2. The van der Waals surface area contributed by atoms with Crippen LogP contribution in [0.4, 0.5) is 5.82 Å². The number of aryl methyl sites for hydroxylation is 1. The van der Waals surface area contributed by atoms with E-state index in [0.717, 1.165) is 48.4 Å². The number of anilines is 1. The second-order valence-electron chi connectivity index (χ2n) is 7.27. The van der Waals surface area contributed by atoms with Gasteiger partial charge in [0, 0.05) is 12.1 Å². The van der Waals surface area contributed by atoms with Crippen LogP contribution in [0.1, 0.15) is 29.7 Å². The van der Waals surface area contributed by atoms with Crippen LogP contribution < -0.4 is 10.1 Å². The van der Waals surface area contributed by atoms with Crippen LogP contribution in [0.15, 0.2) is 54.6 Å². The Hall–Kier alpha value is -3.41. The lowest BCUT2D eigenvalue weighted by molar-refractivity contribution is 0.374. The molecule has 1 aliphatic carbocycles. The van der Waals surface area contributed by atoms with E-state index in [0.29, 0.717) is 12.0 Å². The first-order chi connectivity index (χ1) is 14.3. The predicted molar refractivity (Wildman–Crippen MR) is 114 cm³/mol. The zero-order chi connectivity index (χ0) is 19.6. The van der Waals surface area contributed by atoms with Gasteiger partial charge >= 0.3 is 6.01 Å². The largest absolute Gasteiger partial charge is 0.468 e. The van der Waals surface area contributed by atoms with Gasteiger partial charge in [-0.25, -0.2) is 9.55 Å². The normalized spacial score (nSPS) is 13.3. The van der Waals surface area contributed by atoms with Crippen molar-refractivity contribution in [1.29, 1.82) is 0 Å². The summed E-state index contributed by atoms with van der Waals surface area (Å²) in [5.41, 5.74) is 5.39. The number of para-hydroxylation sites is 2. The van der Waals surface area contributed by atoms with Gasteiger partial charge in [0.15, 0.2) is 0 Å². The highest BCUT2D eigenvalue weighted by atomic mass is 16.5. The van der Waals surface area contributed by atoms with Gasteiger partial charge in [-0.05, 0) is 43.4 Å². The maximum absolute atomic E-state index is 5.55. The highest BCUT2D eigenvalue weighted by Gasteiger charge is 2.21. The van der Waals surface area contributed by atoms with Gasteiger partial charge in [0.1, 0.15) is 5.82 Å². The average Bonchev–Trinajstić information content (AvgIpc) is 3.16. The molecule has 0 amide bonds. The highest BCUT2D eigenvalue weighted by Crippen LogP contribution is 2.30. The van der Waals surface area contributed by atoms with Gasteiger partial charge in [0.05, 0.1) is 23.8 Å². The van der Waals surface area contributed by atoms with Crippen molar-refractivity contribution in [1.82, 2.24) is 19.5 Å². The first kappa shape index (κ1) is 17.7. The van der Waals surface area contributed by atoms with E-state index in [4.69, 9.17) is 14.7 Å². The lowest BCUT2D eigenvalue weighted by Crippen LogP contribution is -2.16. The smallest absolute Gasteiger partial charge is 0.304 e. The zero-order valence-corrected chi connectivity index (χ0v) is 16.4. The second kappa shape index (κ2) is 7.54. The Morgan fingerprint density at radius 3 is 2.59 bits per heavy atom. The molecule has 146 valence electrons. The molecule has 0 aliphatic heterocycles. The van der Waals surface area contributed by atoms with E-state index in [1.807, 2.05) is 34.9 Å². The van der Waals surface area contributed by atoms with Crippen molar-refractivity contribution in [3.8, 4) is 12.0 Å². The standard InChI is InChI=1S/C23H23N5O/c1-29-23-26-19-13-7-8-14-20(19)28(23)22-25-18-12-6-5-11-17(18)21(27-22)24-15-16-9-3-2-4-10-16/h2-4,7-10,13-14H,5-6,11-12,15H2,1H3,(H,24,25,27). The summed E-state index contributed by atoms with van der Waals surface area (Å²) in [7, 11) is 1.63. The minimum absolute atomic E-state index is 0.496. The summed E-state index contributed by atoms with van der Waals surface area (Å²) in [5.74, 6) is 1.51. The fourth-order valence-corrected chi connectivity index (χ4v) is 3.94. The summed E-state index contributed by atoms with van der Waals surface area (Å²) >= 11 is 0.